The average molecular weight is 293 g/mol. The van der Waals surface area contributed by atoms with Crippen LogP contribution in [0.15, 0.2) is 22.8 Å². The van der Waals surface area contributed by atoms with Gasteiger partial charge in [0.2, 0.25) is 0 Å². The van der Waals surface area contributed by atoms with Crippen molar-refractivity contribution >= 4 is 34.2 Å². The highest BCUT2D eigenvalue weighted by molar-refractivity contribution is 9.10. The number of anilines is 1. The number of hydrogen-bond acceptors (Lipinski definition) is 3. The Bertz CT molecular complexity index is 304. The van der Waals surface area contributed by atoms with Gasteiger partial charge in [-0.25, -0.2) is 4.98 Å². The number of halogens is 2. The highest BCUT2D eigenvalue weighted by Crippen LogP contribution is 2.22. The molecule has 84 valence electrons. The van der Waals surface area contributed by atoms with Crippen molar-refractivity contribution in [3.63, 3.8) is 0 Å². The van der Waals surface area contributed by atoms with Crippen molar-refractivity contribution in [1.82, 2.24) is 4.98 Å². The molecule has 3 nitrogen and oxygen atoms in total. The Morgan fingerprint density at radius 2 is 2.33 bits per heavy atom. The topological polar surface area (TPSA) is 42.1 Å². The summed E-state index contributed by atoms with van der Waals surface area (Å²) in [6, 6.07) is 4.07. The maximum atomic E-state index is 5.64. The summed E-state index contributed by atoms with van der Waals surface area (Å²) in [6.45, 7) is 2.91. The SMILES string of the molecule is Cl.NCC1CCN(c2ccc(Br)cn2)C1. The zero-order valence-electron chi connectivity index (χ0n) is 8.40. The van der Waals surface area contributed by atoms with E-state index >= 15 is 0 Å². The molecule has 1 aliphatic heterocycles. The summed E-state index contributed by atoms with van der Waals surface area (Å²) in [5.41, 5.74) is 5.64. The monoisotopic (exact) mass is 291 g/mol. The van der Waals surface area contributed by atoms with Crippen LogP contribution in [0.5, 0.6) is 0 Å². The van der Waals surface area contributed by atoms with E-state index in [-0.39, 0.29) is 12.4 Å². The Hall–Kier alpha value is -0.320. The summed E-state index contributed by atoms with van der Waals surface area (Å²) >= 11 is 3.38. The van der Waals surface area contributed by atoms with Crippen LogP contribution in [0.3, 0.4) is 0 Å². The lowest BCUT2D eigenvalue weighted by atomic mass is 10.1. The third kappa shape index (κ3) is 3.06. The largest absolute Gasteiger partial charge is 0.356 e. The first kappa shape index (κ1) is 12.7. The molecule has 0 radical (unpaired) electrons. The molecule has 1 unspecified atom stereocenters. The normalized spacial score (nSPS) is 20.1. The van der Waals surface area contributed by atoms with E-state index in [1.807, 2.05) is 18.3 Å². The molecule has 15 heavy (non-hydrogen) atoms. The van der Waals surface area contributed by atoms with Crippen molar-refractivity contribution in [1.29, 1.82) is 0 Å². The minimum atomic E-state index is 0. The summed E-state index contributed by atoms with van der Waals surface area (Å²) in [6.07, 6.45) is 3.03. The average Bonchev–Trinajstić information content (AvgIpc) is 2.67. The predicted octanol–water partition coefficient (Wildman–Crippen LogP) is 2.05. The maximum Gasteiger partial charge on any atom is 0.128 e. The van der Waals surface area contributed by atoms with Crippen LogP contribution in [0.25, 0.3) is 0 Å². The predicted molar refractivity (Wildman–Crippen MR) is 68.6 cm³/mol. The van der Waals surface area contributed by atoms with Crippen molar-refractivity contribution in [3.05, 3.63) is 22.8 Å². The van der Waals surface area contributed by atoms with Crippen molar-refractivity contribution in [3.8, 4) is 0 Å². The Labute approximate surface area is 105 Å². The first-order chi connectivity index (χ1) is 6.79. The number of rotatable bonds is 2. The highest BCUT2D eigenvalue weighted by Gasteiger charge is 2.21. The van der Waals surface area contributed by atoms with Gasteiger partial charge in [0.25, 0.3) is 0 Å². The molecule has 2 N–H and O–H groups in total. The molecule has 0 aliphatic carbocycles. The van der Waals surface area contributed by atoms with Gasteiger partial charge in [-0.05, 0) is 46.9 Å². The fourth-order valence-corrected chi connectivity index (χ4v) is 2.02. The number of pyridine rings is 1. The summed E-state index contributed by atoms with van der Waals surface area (Å²) in [5.74, 6) is 1.70. The lowest BCUT2D eigenvalue weighted by molar-refractivity contribution is 0.602. The van der Waals surface area contributed by atoms with Crippen LogP contribution in [0, 0.1) is 5.92 Å². The van der Waals surface area contributed by atoms with E-state index in [0.717, 1.165) is 29.9 Å². The van der Waals surface area contributed by atoms with Crippen LogP contribution in [-0.2, 0) is 0 Å². The number of nitrogens with two attached hydrogens (primary N) is 1. The van der Waals surface area contributed by atoms with E-state index in [1.165, 1.54) is 6.42 Å². The molecule has 1 aromatic rings. The Balaban J connectivity index is 0.00000112. The van der Waals surface area contributed by atoms with Crippen LogP contribution in [-0.4, -0.2) is 24.6 Å². The van der Waals surface area contributed by atoms with Crippen molar-refractivity contribution in [2.75, 3.05) is 24.5 Å². The molecular formula is C10H15BrClN3. The smallest absolute Gasteiger partial charge is 0.128 e. The molecule has 0 aromatic carbocycles. The number of aromatic nitrogens is 1. The van der Waals surface area contributed by atoms with Crippen LogP contribution in [0.2, 0.25) is 0 Å². The summed E-state index contributed by atoms with van der Waals surface area (Å²) < 4.78 is 1.02. The second-order valence-electron chi connectivity index (χ2n) is 3.67. The van der Waals surface area contributed by atoms with E-state index in [1.54, 1.807) is 0 Å². The summed E-state index contributed by atoms with van der Waals surface area (Å²) in [4.78, 5) is 6.66. The minimum absolute atomic E-state index is 0. The Morgan fingerprint density at radius 1 is 1.53 bits per heavy atom. The van der Waals surface area contributed by atoms with E-state index in [0.29, 0.717) is 5.92 Å². The van der Waals surface area contributed by atoms with Gasteiger partial charge in [0.1, 0.15) is 5.82 Å². The molecule has 0 amide bonds. The molecule has 1 atom stereocenters. The molecule has 1 aliphatic rings. The van der Waals surface area contributed by atoms with Gasteiger partial charge >= 0.3 is 0 Å². The van der Waals surface area contributed by atoms with E-state index in [4.69, 9.17) is 5.73 Å². The van der Waals surface area contributed by atoms with Gasteiger partial charge in [0.05, 0.1) is 0 Å². The minimum Gasteiger partial charge on any atom is -0.356 e. The Kier molecular flexibility index (Phi) is 4.83. The quantitative estimate of drug-likeness (QED) is 0.907. The summed E-state index contributed by atoms with van der Waals surface area (Å²) in [7, 11) is 0. The Morgan fingerprint density at radius 3 is 2.87 bits per heavy atom. The lowest BCUT2D eigenvalue weighted by Gasteiger charge is -2.16. The number of nitrogens with zero attached hydrogens (tertiary/aromatic N) is 2. The fourth-order valence-electron chi connectivity index (χ4n) is 1.79. The number of hydrogen-bond donors (Lipinski definition) is 1. The zero-order valence-corrected chi connectivity index (χ0v) is 10.8. The van der Waals surface area contributed by atoms with Gasteiger partial charge in [0, 0.05) is 23.8 Å². The molecule has 2 heterocycles. The molecule has 0 bridgehead atoms. The van der Waals surface area contributed by atoms with Crippen LogP contribution in [0.4, 0.5) is 5.82 Å². The standard InChI is InChI=1S/C10H14BrN3.ClH/c11-9-1-2-10(13-6-9)14-4-3-8(5-12)7-14;/h1-2,6,8H,3-5,7,12H2;1H. The van der Waals surface area contributed by atoms with Crippen molar-refractivity contribution < 1.29 is 0 Å². The fraction of sp³-hybridized carbons (Fsp3) is 0.500. The zero-order chi connectivity index (χ0) is 9.97. The van der Waals surface area contributed by atoms with Crippen LogP contribution < -0.4 is 10.6 Å². The molecule has 1 fully saturated rings. The molecule has 0 saturated carbocycles. The van der Waals surface area contributed by atoms with Crippen LogP contribution in [0.1, 0.15) is 6.42 Å². The molecule has 0 spiro atoms. The van der Waals surface area contributed by atoms with Gasteiger partial charge < -0.3 is 10.6 Å². The van der Waals surface area contributed by atoms with Gasteiger partial charge in [-0.3, -0.25) is 0 Å². The van der Waals surface area contributed by atoms with Crippen molar-refractivity contribution in [2.45, 2.75) is 6.42 Å². The maximum absolute atomic E-state index is 5.64. The van der Waals surface area contributed by atoms with Gasteiger partial charge in [-0.1, -0.05) is 0 Å². The molecular weight excluding hydrogens is 277 g/mol. The third-order valence-corrected chi connectivity index (χ3v) is 3.12. The van der Waals surface area contributed by atoms with E-state index < -0.39 is 0 Å². The van der Waals surface area contributed by atoms with E-state index in [9.17, 15) is 0 Å². The summed E-state index contributed by atoms with van der Waals surface area (Å²) in [5, 5.41) is 0. The lowest BCUT2D eigenvalue weighted by Crippen LogP contribution is -2.23. The first-order valence-electron chi connectivity index (χ1n) is 4.86. The molecule has 5 heteroatoms. The van der Waals surface area contributed by atoms with E-state index in [2.05, 4.69) is 25.8 Å². The molecule has 2 rings (SSSR count). The van der Waals surface area contributed by atoms with Gasteiger partial charge in [-0.15, -0.1) is 12.4 Å². The van der Waals surface area contributed by atoms with Crippen LogP contribution >= 0.6 is 28.3 Å². The first-order valence-corrected chi connectivity index (χ1v) is 5.65. The second kappa shape index (κ2) is 5.68. The molecule has 1 saturated heterocycles. The second-order valence-corrected chi connectivity index (χ2v) is 4.59. The van der Waals surface area contributed by atoms with Gasteiger partial charge in [0.15, 0.2) is 0 Å². The molecule has 1 aromatic heterocycles. The highest BCUT2D eigenvalue weighted by atomic mass is 79.9. The van der Waals surface area contributed by atoms with Crippen molar-refractivity contribution in [2.24, 2.45) is 11.7 Å². The van der Waals surface area contributed by atoms with Gasteiger partial charge in [-0.2, -0.15) is 0 Å². The third-order valence-electron chi connectivity index (χ3n) is 2.65.